The van der Waals surface area contributed by atoms with Crippen molar-refractivity contribution in [1.29, 1.82) is 0 Å². The van der Waals surface area contributed by atoms with E-state index in [1.54, 1.807) is 6.16 Å². The monoisotopic (exact) mass is 688 g/mol. The van der Waals surface area contributed by atoms with E-state index in [2.05, 4.69) is 130 Å². The third-order valence-corrected chi connectivity index (χ3v) is 92.5. The van der Waals surface area contributed by atoms with Crippen LogP contribution in [0, 0.1) is 0 Å². The summed E-state index contributed by atoms with van der Waals surface area (Å²) in [6.45, 7) is 29.3. The molecule has 0 amide bonds. The summed E-state index contributed by atoms with van der Waals surface area (Å²) < 4.78 is 3.39. The average molecular weight is 689 g/mol. The van der Waals surface area contributed by atoms with Crippen LogP contribution in [-0.4, -0.2) is 48.8 Å². The second-order valence-electron chi connectivity index (χ2n) is 22.6. The predicted molar refractivity (Wildman–Crippen MR) is 191 cm³/mol. The van der Waals surface area contributed by atoms with Gasteiger partial charge in [-0.25, -0.2) is 0 Å². The van der Waals surface area contributed by atoms with E-state index in [1.165, 1.54) is 45.9 Å². The van der Waals surface area contributed by atoms with Crippen LogP contribution < -0.4 is 10.9 Å². The van der Waals surface area contributed by atoms with Gasteiger partial charge >= 0.3 is 257 Å². The molecule has 2 aromatic heterocycles. The summed E-state index contributed by atoms with van der Waals surface area (Å²) in [5.74, 6) is 0. The van der Waals surface area contributed by atoms with Crippen molar-refractivity contribution in [3.05, 3.63) is 48.8 Å². The number of fused-ring (bicyclic) bond motifs is 10. The molecule has 10 saturated heterocycles. The molecule has 0 saturated carbocycles. The molecule has 10 aliphatic heterocycles. The molecule has 0 aromatic carbocycles. The Morgan fingerprint density at radius 3 is 1.49 bits per heavy atom. The first kappa shape index (κ1) is 26.1. The normalized spacial score (nSPS) is 61.3. The molecule has 43 heavy (non-hydrogen) atoms. The summed E-state index contributed by atoms with van der Waals surface area (Å²) in [6, 6.07) is 13.6. The fourth-order valence-electron chi connectivity index (χ4n) is 26.9. The molecule has 12 heterocycles. The molecule has 12 rings (SSSR count). The number of hydrogen-bond donors (Lipinski definition) is 0. The molecule has 7 heteroatoms. The van der Waals surface area contributed by atoms with E-state index in [9.17, 15) is 0 Å². The summed E-state index contributed by atoms with van der Waals surface area (Å²) in [5, 5.41) is 0.825. The maximum absolute atomic E-state index is 5.17. The summed E-state index contributed by atoms with van der Waals surface area (Å²) in [5.41, 5.74) is 2.75. The summed E-state index contributed by atoms with van der Waals surface area (Å²) in [7, 11) is -3.53. The van der Waals surface area contributed by atoms with Gasteiger partial charge in [-0.2, -0.15) is 0 Å². The van der Waals surface area contributed by atoms with Crippen molar-refractivity contribution in [1.82, 2.24) is 9.97 Å². The SMILES string of the molecule is CC(C)(C)P(C[C]12[C]3(CP(c4ccccn4)c4ccccn4)[CH]4[C]5([Si](C)(C)C)[C]1([Si](C)(C)C)[Fe]43251678[CH]2[CH]1[CH]6[CH]7[CH]28)C(C)(C)C. The molecule has 0 radical (unpaired) electrons. The second-order valence-corrected chi connectivity index (χ2v) is 62.8. The van der Waals surface area contributed by atoms with Crippen molar-refractivity contribution in [3.63, 3.8) is 0 Å². The molecule has 10 aliphatic rings. The molecule has 5 unspecified atom stereocenters. The first-order chi connectivity index (χ1) is 19.6. The van der Waals surface area contributed by atoms with Gasteiger partial charge in [0, 0.05) is 0 Å². The third kappa shape index (κ3) is 0.665. The van der Waals surface area contributed by atoms with Crippen molar-refractivity contribution >= 4 is 42.9 Å². The Balaban J connectivity index is 1.19. The third-order valence-electron chi connectivity index (χ3n) is 22.2. The van der Waals surface area contributed by atoms with Gasteiger partial charge in [0.2, 0.25) is 0 Å². The Morgan fingerprint density at radius 1 is 0.698 bits per heavy atom. The van der Waals surface area contributed by atoms with Crippen molar-refractivity contribution in [2.24, 2.45) is 0 Å². The van der Waals surface area contributed by atoms with E-state index in [4.69, 9.17) is 9.97 Å². The van der Waals surface area contributed by atoms with Crippen LogP contribution in [0.25, 0.3) is 0 Å². The zero-order valence-electron chi connectivity index (χ0n) is 28.6. The van der Waals surface area contributed by atoms with Crippen LogP contribution >= 0.6 is 15.8 Å². The molecule has 5 atom stereocenters. The Kier molecular flexibility index (Phi) is 2.37. The van der Waals surface area contributed by atoms with E-state index >= 15 is 0 Å². The van der Waals surface area contributed by atoms with Gasteiger partial charge in [0.15, 0.2) is 0 Å². The Labute approximate surface area is 255 Å². The molecular weight excluding hydrogens is 634 g/mol. The van der Waals surface area contributed by atoms with Gasteiger partial charge in [0.1, 0.15) is 0 Å². The number of rotatable bonds is 8. The van der Waals surface area contributed by atoms with Crippen LogP contribution in [0.5, 0.6) is 0 Å². The topological polar surface area (TPSA) is 25.8 Å². The summed E-state index contributed by atoms with van der Waals surface area (Å²) in [6.07, 6.45) is 7.31. The number of aromatic nitrogens is 2. The van der Waals surface area contributed by atoms with Crippen molar-refractivity contribution in [2.75, 3.05) is 12.3 Å². The number of nitrogens with zero attached hydrogens (tertiary/aromatic N) is 2. The molecule has 0 N–H and O–H groups in total. The maximum atomic E-state index is 5.17. The average Bonchev–Trinajstić information content (AvgIpc) is 3.84. The predicted octanol–water partition coefficient (Wildman–Crippen LogP) is 10.6. The van der Waals surface area contributed by atoms with Crippen LogP contribution in [0.1, 0.15) is 41.5 Å². The van der Waals surface area contributed by atoms with Crippen molar-refractivity contribution in [2.45, 2.75) is 137 Å². The summed E-state index contributed by atoms with van der Waals surface area (Å²) in [4.78, 5) is 18.1. The first-order valence-corrected chi connectivity index (χ1v) is 33.3. The fourth-order valence-corrected chi connectivity index (χ4v) is 175. The standard InChI is InChI=1S/C31H49N2P2Si2.C5H5.Fe/c1-30(2,3)35(31(4,5)6)23-25-24(21-26(36(7,8)9)29(25)37(10,11)12)22-34(27-17-13-15-19-32-27)28-18-14-16-20-33-28;1-2-4-5-3-1;/h13-21H,22-23H2,1-12H3;1-5H;. The quantitative estimate of drug-likeness (QED) is 0.204. The molecule has 0 bridgehead atoms. The van der Waals surface area contributed by atoms with Crippen LogP contribution in [-0.2, 0) is 6.51 Å². The Morgan fingerprint density at radius 2 is 1.16 bits per heavy atom. The summed E-state index contributed by atoms with van der Waals surface area (Å²) >= 11 is 0. The van der Waals surface area contributed by atoms with Gasteiger partial charge in [0.25, 0.3) is 0 Å². The van der Waals surface area contributed by atoms with Gasteiger partial charge in [-0.05, 0) is 0 Å². The minimum absolute atomic E-state index is 0.103. The zero-order valence-corrected chi connectivity index (χ0v) is 33.5. The molecular formula is C36H54FeN2P2Si2. The fraction of sp³-hybridized carbons (Fsp3) is 0.722. The van der Waals surface area contributed by atoms with Crippen LogP contribution in [0.15, 0.2) is 48.8 Å². The van der Waals surface area contributed by atoms with Gasteiger partial charge in [-0.3, -0.25) is 0 Å². The van der Waals surface area contributed by atoms with Crippen molar-refractivity contribution in [3.8, 4) is 0 Å². The van der Waals surface area contributed by atoms with Gasteiger partial charge in [-0.1, -0.05) is 0 Å². The van der Waals surface area contributed by atoms with E-state index in [0.29, 0.717) is 10.3 Å². The molecule has 234 valence electrons. The first-order valence-electron chi connectivity index (χ1n) is 17.2. The van der Waals surface area contributed by atoms with Crippen LogP contribution in [0.2, 0.25) is 84.7 Å². The Bertz CT molecular complexity index is 2040. The molecule has 2 nitrogen and oxygen atoms in total. The molecule has 1 spiro atoms. The Hall–Kier alpha value is 0.113. The zero-order chi connectivity index (χ0) is 30.6. The minimum atomic E-state index is -4.19. The molecule has 2 aromatic rings. The van der Waals surface area contributed by atoms with E-state index in [0.717, 1.165) is 16.5 Å². The van der Waals surface area contributed by atoms with Gasteiger partial charge < -0.3 is 0 Å². The van der Waals surface area contributed by atoms with Gasteiger partial charge in [-0.15, -0.1) is 0 Å². The van der Waals surface area contributed by atoms with Crippen molar-refractivity contribution < 1.29 is 6.51 Å². The molecule has 10 fully saturated rings. The van der Waals surface area contributed by atoms with Crippen LogP contribution in [0.4, 0.5) is 0 Å². The van der Waals surface area contributed by atoms with E-state index in [1.807, 2.05) is 0 Å². The van der Waals surface area contributed by atoms with Gasteiger partial charge in [0.05, 0.1) is 0 Å². The number of pyridine rings is 2. The second kappa shape index (κ2) is 3.90. The number of hydrogen-bond acceptors (Lipinski definition) is 2. The van der Waals surface area contributed by atoms with E-state index in [-0.39, 0.29) is 7.92 Å². The molecule has 0 aliphatic carbocycles. The van der Waals surface area contributed by atoms with Crippen LogP contribution in [0.3, 0.4) is 0 Å². The van der Waals surface area contributed by atoms with E-state index < -0.39 is 30.6 Å².